The van der Waals surface area contributed by atoms with Crippen LogP contribution in [0.3, 0.4) is 0 Å². The van der Waals surface area contributed by atoms with Crippen molar-refractivity contribution >= 4 is 17.7 Å². The van der Waals surface area contributed by atoms with Crippen LogP contribution in [-0.4, -0.2) is 26.3 Å². The van der Waals surface area contributed by atoms with Crippen molar-refractivity contribution in [2.24, 2.45) is 0 Å². The second-order valence-electron chi connectivity index (χ2n) is 2.58. The van der Waals surface area contributed by atoms with Gasteiger partial charge < -0.3 is 5.11 Å². The van der Waals surface area contributed by atoms with Crippen LogP contribution in [0, 0.1) is 6.92 Å². The average molecular weight is 198 g/mol. The second kappa shape index (κ2) is 4.23. The molecule has 1 rings (SSSR count). The van der Waals surface area contributed by atoms with Gasteiger partial charge in [-0.25, -0.2) is 9.97 Å². The Labute approximate surface area is 80.4 Å². The Morgan fingerprint density at radius 1 is 1.69 bits per heavy atom. The van der Waals surface area contributed by atoms with E-state index in [2.05, 4.69) is 9.97 Å². The monoisotopic (exact) mass is 198 g/mol. The zero-order valence-corrected chi connectivity index (χ0v) is 8.21. The summed E-state index contributed by atoms with van der Waals surface area (Å²) in [6.45, 7) is 3.45. The van der Waals surface area contributed by atoms with Crippen molar-refractivity contribution in [2.75, 3.05) is 0 Å². The van der Waals surface area contributed by atoms with Gasteiger partial charge in [0.1, 0.15) is 5.25 Å². The van der Waals surface area contributed by atoms with Gasteiger partial charge in [0.2, 0.25) is 0 Å². The van der Waals surface area contributed by atoms with Crippen molar-refractivity contribution in [3.63, 3.8) is 0 Å². The Balaban J connectivity index is 2.69. The van der Waals surface area contributed by atoms with Crippen LogP contribution in [0.4, 0.5) is 0 Å². The third-order valence-electron chi connectivity index (χ3n) is 1.40. The van der Waals surface area contributed by atoms with Crippen LogP contribution in [-0.2, 0) is 4.79 Å². The van der Waals surface area contributed by atoms with E-state index in [9.17, 15) is 4.79 Å². The summed E-state index contributed by atoms with van der Waals surface area (Å²) in [5.41, 5.74) is 0.843. The summed E-state index contributed by atoms with van der Waals surface area (Å²) >= 11 is 1.14. The predicted octanol–water partition coefficient (Wildman–Crippen LogP) is 1.35. The molecule has 0 saturated heterocycles. The van der Waals surface area contributed by atoms with Crippen molar-refractivity contribution in [2.45, 2.75) is 24.3 Å². The highest BCUT2D eigenvalue weighted by atomic mass is 32.2. The third-order valence-corrected chi connectivity index (χ3v) is 2.37. The van der Waals surface area contributed by atoms with Gasteiger partial charge in [0.05, 0.1) is 0 Å². The molecule has 1 aromatic heterocycles. The Morgan fingerprint density at radius 3 is 2.92 bits per heavy atom. The predicted molar refractivity (Wildman–Crippen MR) is 49.7 cm³/mol. The summed E-state index contributed by atoms with van der Waals surface area (Å²) in [5.74, 6) is -0.852. The highest BCUT2D eigenvalue weighted by Crippen LogP contribution is 2.18. The molecule has 0 bridgehead atoms. The smallest absolute Gasteiger partial charge is 0.316 e. The number of nitrogens with zero attached hydrogens (tertiary/aromatic N) is 2. The first-order chi connectivity index (χ1) is 6.09. The molecule has 0 aliphatic rings. The first kappa shape index (κ1) is 9.98. The molecule has 0 aliphatic carbocycles. The van der Waals surface area contributed by atoms with E-state index < -0.39 is 11.2 Å². The lowest BCUT2D eigenvalue weighted by atomic mass is 10.5. The van der Waals surface area contributed by atoms with Gasteiger partial charge in [-0.2, -0.15) is 0 Å². The van der Waals surface area contributed by atoms with Crippen LogP contribution < -0.4 is 0 Å². The minimum absolute atomic E-state index is 0.509. The Bertz CT molecular complexity index is 317. The highest BCUT2D eigenvalue weighted by molar-refractivity contribution is 8.00. The second-order valence-corrected chi connectivity index (χ2v) is 3.89. The lowest BCUT2D eigenvalue weighted by molar-refractivity contribution is -0.136. The molecule has 70 valence electrons. The topological polar surface area (TPSA) is 63.1 Å². The summed E-state index contributed by atoms with van der Waals surface area (Å²) in [6.07, 6.45) is 1.62. The summed E-state index contributed by atoms with van der Waals surface area (Å²) in [6, 6.07) is 1.77. The molecule has 0 fully saturated rings. The first-order valence-corrected chi connectivity index (χ1v) is 4.66. The lowest BCUT2D eigenvalue weighted by Gasteiger charge is -2.03. The molecule has 1 heterocycles. The fraction of sp³-hybridized carbons (Fsp3) is 0.375. The van der Waals surface area contributed by atoms with Gasteiger partial charge >= 0.3 is 5.97 Å². The minimum atomic E-state index is -0.852. The van der Waals surface area contributed by atoms with E-state index in [1.807, 2.05) is 6.92 Å². The number of carboxylic acid groups (broad SMARTS) is 1. The van der Waals surface area contributed by atoms with Gasteiger partial charge in [-0.3, -0.25) is 4.79 Å². The molecule has 0 aliphatic heterocycles. The SMILES string of the molecule is Cc1ccnc(S[C@H](C)C(=O)O)n1. The number of aliphatic carboxylic acids is 1. The maximum absolute atomic E-state index is 10.5. The molecule has 13 heavy (non-hydrogen) atoms. The zero-order valence-electron chi connectivity index (χ0n) is 7.39. The molecular formula is C8H10N2O2S. The van der Waals surface area contributed by atoms with Crippen LogP contribution in [0.1, 0.15) is 12.6 Å². The van der Waals surface area contributed by atoms with Gasteiger partial charge in [0.15, 0.2) is 5.16 Å². The van der Waals surface area contributed by atoms with Gasteiger partial charge in [-0.15, -0.1) is 0 Å². The maximum atomic E-state index is 10.5. The number of carbonyl (C=O) groups is 1. The number of hydrogen-bond donors (Lipinski definition) is 1. The van der Waals surface area contributed by atoms with Crippen LogP contribution >= 0.6 is 11.8 Å². The van der Waals surface area contributed by atoms with E-state index in [-0.39, 0.29) is 0 Å². The van der Waals surface area contributed by atoms with Crippen molar-refractivity contribution in [3.8, 4) is 0 Å². The Hall–Kier alpha value is -1.10. The van der Waals surface area contributed by atoms with Gasteiger partial charge in [0, 0.05) is 11.9 Å². The van der Waals surface area contributed by atoms with Crippen LogP contribution in [0.5, 0.6) is 0 Å². The molecule has 0 saturated carbocycles. The molecular weight excluding hydrogens is 188 g/mol. The zero-order chi connectivity index (χ0) is 9.84. The van der Waals surface area contributed by atoms with Crippen LogP contribution in [0.2, 0.25) is 0 Å². The standard InChI is InChI=1S/C8H10N2O2S/c1-5-3-4-9-8(10-5)13-6(2)7(11)12/h3-4,6H,1-2H3,(H,11,12)/t6-/m1/s1. The fourth-order valence-corrected chi connectivity index (χ4v) is 1.43. The summed E-state index contributed by atoms with van der Waals surface area (Å²) in [5, 5.41) is 8.63. The molecule has 0 radical (unpaired) electrons. The van der Waals surface area contributed by atoms with E-state index >= 15 is 0 Å². The van der Waals surface area contributed by atoms with Crippen LogP contribution in [0.15, 0.2) is 17.4 Å². The van der Waals surface area contributed by atoms with Crippen LogP contribution in [0.25, 0.3) is 0 Å². The number of thioether (sulfide) groups is 1. The molecule has 0 aromatic carbocycles. The van der Waals surface area contributed by atoms with E-state index in [1.54, 1.807) is 19.2 Å². The number of carboxylic acids is 1. The number of hydrogen-bond acceptors (Lipinski definition) is 4. The van der Waals surface area contributed by atoms with Crippen molar-refractivity contribution < 1.29 is 9.90 Å². The van der Waals surface area contributed by atoms with E-state index in [4.69, 9.17) is 5.11 Å². The molecule has 1 aromatic rings. The third kappa shape index (κ3) is 3.02. The largest absolute Gasteiger partial charge is 0.480 e. The highest BCUT2D eigenvalue weighted by Gasteiger charge is 2.13. The molecule has 0 spiro atoms. The van der Waals surface area contributed by atoms with E-state index in [0.717, 1.165) is 17.5 Å². The van der Waals surface area contributed by atoms with E-state index in [0.29, 0.717) is 5.16 Å². The fourth-order valence-electron chi connectivity index (χ4n) is 0.691. The first-order valence-electron chi connectivity index (χ1n) is 3.78. The quantitative estimate of drug-likeness (QED) is 0.586. The normalized spacial score (nSPS) is 12.5. The number of aryl methyl sites for hydroxylation is 1. The minimum Gasteiger partial charge on any atom is -0.480 e. The lowest BCUT2D eigenvalue weighted by Crippen LogP contribution is -2.11. The molecule has 5 heteroatoms. The Morgan fingerprint density at radius 2 is 2.38 bits per heavy atom. The van der Waals surface area contributed by atoms with Gasteiger partial charge in [-0.05, 0) is 19.9 Å². The maximum Gasteiger partial charge on any atom is 0.316 e. The number of rotatable bonds is 3. The molecule has 4 nitrogen and oxygen atoms in total. The summed E-state index contributed by atoms with van der Waals surface area (Å²) < 4.78 is 0. The Kier molecular flexibility index (Phi) is 3.25. The van der Waals surface area contributed by atoms with E-state index in [1.165, 1.54) is 0 Å². The van der Waals surface area contributed by atoms with Crippen molar-refractivity contribution in [1.82, 2.24) is 9.97 Å². The summed E-state index contributed by atoms with van der Waals surface area (Å²) in [7, 11) is 0. The number of aromatic nitrogens is 2. The molecule has 0 amide bonds. The summed E-state index contributed by atoms with van der Waals surface area (Å²) in [4.78, 5) is 18.5. The molecule has 1 N–H and O–H groups in total. The average Bonchev–Trinajstić information content (AvgIpc) is 2.04. The van der Waals surface area contributed by atoms with Gasteiger partial charge in [-0.1, -0.05) is 11.8 Å². The molecule has 0 unspecified atom stereocenters. The van der Waals surface area contributed by atoms with Crippen molar-refractivity contribution in [1.29, 1.82) is 0 Å². The van der Waals surface area contributed by atoms with Crippen molar-refractivity contribution in [3.05, 3.63) is 18.0 Å². The molecule has 1 atom stereocenters. The van der Waals surface area contributed by atoms with Gasteiger partial charge in [0.25, 0.3) is 0 Å².